The van der Waals surface area contributed by atoms with Gasteiger partial charge in [-0.15, -0.1) is 0 Å². The van der Waals surface area contributed by atoms with Gasteiger partial charge in [0.05, 0.1) is 12.2 Å². The number of nitrogens with one attached hydrogen (secondary N) is 1. The highest BCUT2D eigenvalue weighted by Crippen LogP contribution is 2.27. The third-order valence-corrected chi connectivity index (χ3v) is 2.81. The Morgan fingerprint density at radius 3 is 2.41 bits per heavy atom. The van der Waals surface area contributed by atoms with Crippen LogP contribution in [0.15, 0.2) is 35.3 Å². The zero-order valence-electron chi connectivity index (χ0n) is 8.71. The molecule has 1 aromatic heterocycles. The van der Waals surface area contributed by atoms with E-state index in [0.717, 1.165) is 0 Å². The Bertz CT molecular complexity index is 587. The van der Waals surface area contributed by atoms with Gasteiger partial charge in [-0.05, 0) is 35.4 Å². The molecule has 0 radical (unpaired) electrons. The molecule has 0 aliphatic carbocycles. The number of aromatic nitrogens is 1. The van der Waals surface area contributed by atoms with Gasteiger partial charge in [0.1, 0.15) is 0 Å². The van der Waals surface area contributed by atoms with Gasteiger partial charge in [0, 0.05) is 16.2 Å². The van der Waals surface area contributed by atoms with Crippen LogP contribution in [0.5, 0.6) is 0 Å². The Kier molecular flexibility index (Phi) is 3.52. The van der Waals surface area contributed by atoms with E-state index in [1.165, 1.54) is 6.20 Å². The summed E-state index contributed by atoms with van der Waals surface area (Å²) in [7, 11) is 0. The lowest BCUT2D eigenvalue weighted by Crippen LogP contribution is -2.11. The van der Waals surface area contributed by atoms with E-state index in [4.69, 9.17) is 23.2 Å². The maximum Gasteiger partial charge on any atom is 0.256 e. The lowest BCUT2D eigenvalue weighted by atomic mass is 10.0. The number of halogens is 2. The molecule has 88 valence electrons. The summed E-state index contributed by atoms with van der Waals surface area (Å²) in [4.78, 5) is 14.3. The summed E-state index contributed by atoms with van der Waals surface area (Å²) < 4.78 is 0. The van der Waals surface area contributed by atoms with Crippen molar-refractivity contribution in [3.8, 4) is 11.1 Å². The Morgan fingerprint density at radius 1 is 1.18 bits per heavy atom. The molecule has 0 aliphatic heterocycles. The second kappa shape index (κ2) is 4.92. The average Bonchev–Trinajstić information content (AvgIpc) is 2.27. The number of pyridine rings is 1. The second-order valence-electron chi connectivity index (χ2n) is 3.52. The Hall–Kier alpha value is -1.29. The number of benzene rings is 1. The van der Waals surface area contributed by atoms with Gasteiger partial charge >= 0.3 is 0 Å². The first kappa shape index (κ1) is 12.2. The van der Waals surface area contributed by atoms with Crippen LogP contribution < -0.4 is 5.56 Å². The molecule has 0 aliphatic rings. The standard InChI is InChI=1S/C12H9Cl2NO2/c13-9-3-8(4-10(14)5-9)11-7(6-16)1-2-15-12(11)17/h1-5,16H,6H2,(H,15,17). The van der Waals surface area contributed by atoms with E-state index in [-0.39, 0.29) is 12.2 Å². The molecule has 0 fully saturated rings. The molecule has 0 bridgehead atoms. The number of rotatable bonds is 2. The maximum absolute atomic E-state index is 11.8. The molecule has 2 rings (SSSR count). The first-order valence-electron chi connectivity index (χ1n) is 4.89. The van der Waals surface area contributed by atoms with Crippen LogP contribution in [-0.4, -0.2) is 10.1 Å². The summed E-state index contributed by atoms with van der Waals surface area (Å²) in [6.07, 6.45) is 1.49. The van der Waals surface area contributed by atoms with Gasteiger partial charge in [-0.25, -0.2) is 0 Å². The molecule has 1 aromatic carbocycles. The van der Waals surface area contributed by atoms with Gasteiger partial charge in [-0.2, -0.15) is 0 Å². The van der Waals surface area contributed by atoms with E-state index >= 15 is 0 Å². The van der Waals surface area contributed by atoms with E-state index < -0.39 is 0 Å². The zero-order valence-corrected chi connectivity index (χ0v) is 10.2. The smallest absolute Gasteiger partial charge is 0.256 e. The van der Waals surface area contributed by atoms with Crippen LogP contribution in [0.3, 0.4) is 0 Å². The lowest BCUT2D eigenvalue weighted by molar-refractivity contribution is 0.282. The molecule has 0 amide bonds. The van der Waals surface area contributed by atoms with Gasteiger partial charge in [-0.3, -0.25) is 4.79 Å². The maximum atomic E-state index is 11.8. The van der Waals surface area contributed by atoms with Crippen molar-refractivity contribution in [1.29, 1.82) is 0 Å². The van der Waals surface area contributed by atoms with Crippen molar-refractivity contribution in [2.75, 3.05) is 0 Å². The molecule has 2 N–H and O–H groups in total. The Labute approximate surface area is 108 Å². The van der Waals surface area contributed by atoms with Crippen LogP contribution in [0.4, 0.5) is 0 Å². The quantitative estimate of drug-likeness (QED) is 0.881. The lowest BCUT2D eigenvalue weighted by Gasteiger charge is -2.07. The number of hydrogen-bond acceptors (Lipinski definition) is 2. The van der Waals surface area contributed by atoms with Crippen molar-refractivity contribution < 1.29 is 5.11 Å². The van der Waals surface area contributed by atoms with Gasteiger partial charge in [0.25, 0.3) is 5.56 Å². The van der Waals surface area contributed by atoms with Gasteiger partial charge in [-0.1, -0.05) is 23.2 Å². The van der Waals surface area contributed by atoms with Gasteiger partial charge < -0.3 is 10.1 Å². The summed E-state index contributed by atoms with van der Waals surface area (Å²) in [6, 6.07) is 6.50. The van der Waals surface area contributed by atoms with Crippen LogP contribution in [-0.2, 0) is 6.61 Å². The molecule has 0 unspecified atom stereocenters. The SMILES string of the molecule is O=c1[nH]ccc(CO)c1-c1cc(Cl)cc(Cl)c1. The van der Waals surface area contributed by atoms with E-state index in [0.29, 0.717) is 26.7 Å². The van der Waals surface area contributed by atoms with Crippen LogP contribution in [0.2, 0.25) is 10.0 Å². The summed E-state index contributed by atoms with van der Waals surface area (Å²) >= 11 is 11.8. The zero-order chi connectivity index (χ0) is 12.4. The third kappa shape index (κ3) is 2.52. The highest BCUT2D eigenvalue weighted by molar-refractivity contribution is 6.35. The van der Waals surface area contributed by atoms with Crippen LogP contribution in [0.1, 0.15) is 5.56 Å². The minimum absolute atomic E-state index is 0.219. The first-order chi connectivity index (χ1) is 8.11. The molecule has 2 aromatic rings. The van der Waals surface area contributed by atoms with E-state index in [9.17, 15) is 9.90 Å². The Balaban J connectivity index is 2.71. The van der Waals surface area contributed by atoms with Crippen molar-refractivity contribution in [1.82, 2.24) is 4.98 Å². The number of aliphatic hydroxyl groups excluding tert-OH is 1. The largest absolute Gasteiger partial charge is 0.392 e. The monoisotopic (exact) mass is 269 g/mol. The molecule has 0 spiro atoms. The molecule has 0 saturated heterocycles. The van der Waals surface area contributed by atoms with Crippen LogP contribution in [0.25, 0.3) is 11.1 Å². The normalized spacial score (nSPS) is 10.5. The van der Waals surface area contributed by atoms with Gasteiger partial charge in [0.2, 0.25) is 0 Å². The minimum Gasteiger partial charge on any atom is -0.392 e. The minimum atomic E-state index is -0.283. The third-order valence-electron chi connectivity index (χ3n) is 2.37. The van der Waals surface area contributed by atoms with Crippen LogP contribution in [0, 0.1) is 0 Å². The number of H-pyrrole nitrogens is 1. The summed E-state index contributed by atoms with van der Waals surface area (Å²) in [5.41, 5.74) is 1.23. The van der Waals surface area contributed by atoms with Crippen LogP contribution >= 0.6 is 23.2 Å². The predicted molar refractivity (Wildman–Crippen MR) is 68.4 cm³/mol. The summed E-state index contributed by atoms with van der Waals surface area (Å²) in [6.45, 7) is -0.219. The number of aliphatic hydroxyl groups is 1. The highest BCUT2D eigenvalue weighted by atomic mass is 35.5. The predicted octanol–water partition coefficient (Wildman–Crippen LogP) is 2.84. The number of hydrogen-bond donors (Lipinski definition) is 2. The Morgan fingerprint density at radius 2 is 1.82 bits per heavy atom. The summed E-state index contributed by atoms with van der Waals surface area (Å²) in [5.74, 6) is 0. The fourth-order valence-corrected chi connectivity index (χ4v) is 2.19. The molecular weight excluding hydrogens is 261 g/mol. The van der Waals surface area contributed by atoms with Crippen molar-refractivity contribution in [3.63, 3.8) is 0 Å². The van der Waals surface area contributed by atoms with Gasteiger partial charge in [0.15, 0.2) is 0 Å². The van der Waals surface area contributed by atoms with Crippen molar-refractivity contribution in [2.24, 2.45) is 0 Å². The van der Waals surface area contributed by atoms with E-state index in [2.05, 4.69) is 4.98 Å². The average molecular weight is 270 g/mol. The molecule has 1 heterocycles. The molecule has 17 heavy (non-hydrogen) atoms. The summed E-state index contributed by atoms with van der Waals surface area (Å²) in [5, 5.41) is 10.1. The van der Waals surface area contributed by atoms with Crippen molar-refractivity contribution in [3.05, 3.63) is 56.4 Å². The molecule has 5 heteroatoms. The van der Waals surface area contributed by atoms with E-state index in [1.54, 1.807) is 24.3 Å². The fraction of sp³-hybridized carbons (Fsp3) is 0.0833. The van der Waals surface area contributed by atoms with E-state index in [1.807, 2.05) is 0 Å². The molecular formula is C12H9Cl2NO2. The molecule has 0 saturated carbocycles. The van der Waals surface area contributed by atoms with Crippen molar-refractivity contribution in [2.45, 2.75) is 6.61 Å². The second-order valence-corrected chi connectivity index (χ2v) is 4.40. The number of aromatic amines is 1. The topological polar surface area (TPSA) is 53.1 Å². The fourth-order valence-electron chi connectivity index (χ4n) is 1.67. The highest BCUT2D eigenvalue weighted by Gasteiger charge is 2.10. The molecule has 0 atom stereocenters. The first-order valence-corrected chi connectivity index (χ1v) is 5.65. The van der Waals surface area contributed by atoms with Crippen molar-refractivity contribution >= 4 is 23.2 Å². The molecule has 3 nitrogen and oxygen atoms in total.